The van der Waals surface area contributed by atoms with Gasteiger partial charge >= 0.3 is 0 Å². The molecule has 1 amide bonds. The molecule has 3 N–H and O–H groups in total. The summed E-state index contributed by atoms with van der Waals surface area (Å²) >= 11 is 0. The molecule has 1 aromatic carbocycles. The van der Waals surface area contributed by atoms with Gasteiger partial charge in [0, 0.05) is 17.3 Å². The summed E-state index contributed by atoms with van der Waals surface area (Å²) < 4.78 is 0. The average molecular weight is 265 g/mol. The number of carbonyl (C=O) groups excluding carboxylic acids is 1. The molecule has 0 unspecified atom stereocenters. The van der Waals surface area contributed by atoms with E-state index in [1.54, 1.807) is 19.9 Å². The van der Waals surface area contributed by atoms with Gasteiger partial charge in [-0.1, -0.05) is 13.3 Å². The standard InChI is InChI=1S/C13H19N3O3/c1-4-5-10(14)13(17)15-11-6-9(3)12(16(18)19)7-8(11)2/h6-7,10H,4-5,14H2,1-3H3,(H,15,17)/t10-/m1/s1. The molecule has 0 heterocycles. The molecule has 0 radical (unpaired) electrons. The van der Waals surface area contributed by atoms with Crippen LogP contribution in [0, 0.1) is 24.0 Å². The van der Waals surface area contributed by atoms with Gasteiger partial charge in [0.2, 0.25) is 5.91 Å². The molecule has 1 rings (SSSR count). The van der Waals surface area contributed by atoms with E-state index in [1.165, 1.54) is 6.07 Å². The van der Waals surface area contributed by atoms with E-state index in [-0.39, 0.29) is 11.6 Å². The number of hydrogen-bond donors (Lipinski definition) is 2. The molecule has 0 aliphatic rings. The van der Waals surface area contributed by atoms with Crippen molar-refractivity contribution in [2.75, 3.05) is 5.32 Å². The number of rotatable bonds is 5. The fraction of sp³-hybridized carbons (Fsp3) is 0.462. The van der Waals surface area contributed by atoms with E-state index in [4.69, 9.17) is 5.73 Å². The van der Waals surface area contributed by atoms with Gasteiger partial charge in [0.1, 0.15) is 0 Å². The van der Waals surface area contributed by atoms with Gasteiger partial charge < -0.3 is 11.1 Å². The monoisotopic (exact) mass is 265 g/mol. The van der Waals surface area contributed by atoms with Gasteiger partial charge in [0.15, 0.2) is 0 Å². The second-order valence-corrected chi connectivity index (χ2v) is 4.60. The number of benzene rings is 1. The number of nitrogens with one attached hydrogen (secondary N) is 1. The van der Waals surface area contributed by atoms with Crippen LogP contribution < -0.4 is 11.1 Å². The van der Waals surface area contributed by atoms with Crippen molar-refractivity contribution in [1.29, 1.82) is 0 Å². The van der Waals surface area contributed by atoms with Crippen LogP contribution in [0.1, 0.15) is 30.9 Å². The molecule has 0 fully saturated rings. The molecule has 0 saturated heterocycles. The summed E-state index contributed by atoms with van der Waals surface area (Å²) in [7, 11) is 0. The number of nitrogens with zero attached hydrogens (tertiary/aromatic N) is 1. The van der Waals surface area contributed by atoms with Crippen LogP contribution in [0.5, 0.6) is 0 Å². The smallest absolute Gasteiger partial charge is 0.272 e. The summed E-state index contributed by atoms with van der Waals surface area (Å²) in [4.78, 5) is 22.2. The Labute approximate surface area is 112 Å². The minimum atomic E-state index is -0.556. The minimum absolute atomic E-state index is 0.0494. The highest BCUT2D eigenvalue weighted by atomic mass is 16.6. The maximum absolute atomic E-state index is 11.8. The van der Waals surface area contributed by atoms with Crippen LogP contribution in [0.25, 0.3) is 0 Å². The lowest BCUT2D eigenvalue weighted by molar-refractivity contribution is -0.385. The third-order valence-corrected chi connectivity index (χ3v) is 2.93. The largest absolute Gasteiger partial charge is 0.324 e. The van der Waals surface area contributed by atoms with E-state index in [9.17, 15) is 14.9 Å². The third-order valence-electron chi connectivity index (χ3n) is 2.93. The van der Waals surface area contributed by atoms with Crippen molar-refractivity contribution in [1.82, 2.24) is 0 Å². The maximum atomic E-state index is 11.8. The third kappa shape index (κ3) is 3.75. The first-order chi connectivity index (χ1) is 8.86. The Morgan fingerprint density at radius 3 is 2.58 bits per heavy atom. The highest BCUT2D eigenvalue weighted by molar-refractivity contribution is 5.95. The van der Waals surface area contributed by atoms with Crippen LogP contribution >= 0.6 is 0 Å². The first kappa shape index (κ1) is 15.1. The molecule has 0 saturated carbocycles. The van der Waals surface area contributed by atoms with Crippen molar-refractivity contribution < 1.29 is 9.72 Å². The number of nitro benzene ring substituents is 1. The van der Waals surface area contributed by atoms with Gasteiger partial charge in [0.05, 0.1) is 11.0 Å². The first-order valence-electron chi connectivity index (χ1n) is 6.18. The molecule has 6 nitrogen and oxygen atoms in total. The van der Waals surface area contributed by atoms with Crippen LogP contribution in [-0.2, 0) is 4.79 Å². The van der Waals surface area contributed by atoms with Crippen LogP contribution in [0.3, 0.4) is 0 Å². The number of nitro groups is 1. The molecule has 19 heavy (non-hydrogen) atoms. The average Bonchev–Trinajstić information content (AvgIpc) is 2.33. The van der Waals surface area contributed by atoms with Crippen LogP contribution in [0.2, 0.25) is 0 Å². The summed E-state index contributed by atoms with van der Waals surface area (Å²) in [6.45, 7) is 5.31. The topological polar surface area (TPSA) is 98.3 Å². The number of amides is 1. The Hall–Kier alpha value is -1.95. The van der Waals surface area contributed by atoms with Crippen molar-refractivity contribution in [3.05, 3.63) is 33.4 Å². The molecule has 1 atom stereocenters. The molecule has 0 aliphatic carbocycles. The Balaban J connectivity index is 2.94. The van der Waals surface area contributed by atoms with Crippen LogP contribution in [-0.4, -0.2) is 16.9 Å². The summed E-state index contributed by atoms with van der Waals surface area (Å²) in [5, 5.41) is 13.5. The summed E-state index contributed by atoms with van der Waals surface area (Å²) in [6.07, 6.45) is 1.43. The Bertz CT molecular complexity index is 500. The van der Waals surface area contributed by atoms with E-state index in [0.717, 1.165) is 6.42 Å². The number of aryl methyl sites for hydroxylation is 2. The van der Waals surface area contributed by atoms with Gasteiger partial charge in [-0.3, -0.25) is 14.9 Å². The van der Waals surface area contributed by atoms with Gasteiger partial charge in [-0.2, -0.15) is 0 Å². The quantitative estimate of drug-likeness (QED) is 0.630. The zero-order chi connectivity index (χ0) is 14.6. The van der Waals surface area contributed by atoms with Crippen molar-refractivity contribution >= 4 is 17.3 Å². The fourth-order valence-electron chi connectivity index (χ4n) is 1.80. The van der Waals surface area contributed by atoms with Crippen LogP contribution in [0.4, 0.5) is 11.4 Å². The molecule has 0 aliphatic heterocycles. The van der Waals surface area contributed by atoms with Crippen molar-refractivity contribution in [2.24, 2.45) is 5.73 Å². The molecule has 0 aromatic heterocycles. The minimum Gasteiger partial charge on any atom is -0.324 e. The molecule has 104 valence electrons. The van der Waals surface area contributed by atoms with Gasteiger partial charge in [0.25, 0.3) is 5.69 Å². The van der Waals surface area contributed by atoms with Crippen molar-refractivity contribution in [2.45, 2.75) is 39.7 Å². The zero-order valence-electron chi connectivity index (χ0n) is 11.4. The molecule has 6 heteroatoms. The molecule has 1 aromatic rings. The Morgan fingerprint density at radius 2 is 2.05 bits per heavy atom. The van der Waals surface area contributed by atoms with E-state index in [0.29, 0.717) is 23.2 Å². The number of nitrogens with two attached hydrogens (primary N) is 1. The molecule has 0 bridgehead atoms. The van der Waals surface area contributed by atoms with Crippen molar-refractivity contribution in [3.63, 3.8) is 0 Å². The van der Waals surface area contributed by atoms with Crippen LogP contribution in [0.15, 0.2) is 12.1 Å². The molecule has 0 spiro atoms. The predicted molar refractivity (Wildman–Crippen MR) is 74.1 cm³/mol. The van der Waals surface area contributed by atoms with Gasteiger partial charge in [-0.05, 0) is 31.9 Å². The summed E-state index contributed by atoms with van der Waals surface area (Å²) in [5.74, 6) is -0.266. The number of anilines is 1. The highest BCUT2D eigenvalue weighted by Gasteiger charge is 2.17. The van der Waals surface area contributed by atoms with E-state index >= 15 is 0 Å². The Morgan fingerprint density at radius 1 is 1.42 bits per heavy atom. The van der Waals surface area contributed by atoms with E-state index < -0.39 is 11.0 Å². The Kier molecular flexibility index (Phi) is 5.00. The fourth-order valence-corrected chi connectivity index (χ4v) is 1.80. The lowest BCUT2D eigenvalue weighted by Gasteiger charge is -2.13. The lowest BCUT2D eigenvalue weighted by atomic mass is 10.1. The van der Waals surface area contributed by atoms with Crippen molar-refractivity contribution in [3.8, 4) is 0 Å². The first-order valence-corrected chi connectivity index (χ1v) is 6.18. The molecular weight excluding hydrogens is 246 g/mol. The number of hydrogen-bond acceptors (Lipinski definition) is 4. The summed E-state index contributed by atoms with van der Waals surface area (Å²) in [5.41, 5.74) is 7.50. The van der Waals surface area contributed by atoms with E-state index in [2.05, 4.69) is 5.32 Å². The highest BCUT2D eigenvalue weighted by Crippen LogP contribution is 2.26. The maximum Gasteiger partial charge on any atom is 0.272 e. The zero-order valence-corrected chi connectivity index (χ0v) is 11.4. The van der Waals surface area contributed by atoms with Gasteiger partial charge in [-0.15, -0.1) is 0 Å². The lowest BCUT2D eigenvalue weighted by Crippen LogP contribution is -2.35. The normalized spacial score (nSPS) is 12.0. The SMILES string of the molecule is CCC[C@@H](N)C(=O)Nc1cc(C)c([N+](=O)[O-])cc1C. The second kappa shape index (κ2) is 6.29. The second-order valence-electron chi connectivity index (χ2n) is 4.60. The summed E-state index contributed by atoms with van der Waals surface area (Å²) in [6, 6.07) is 2.50. The van der Waals surface area contributed by atoms with E-state index in [1.807, 2.05) is 6.92 Å². The predicted octanol–water partition coefficient (Wildman–Crippen LogP) is 2.28. The molecular formula is C13H19N3O3. The van der Waals surface area contributed by atoms with Gasteiger partial charge in [-0.25, -0.2) is 0 Å². The number of carbonyl (C=O) groups is 1.